The molecular formula is C50H51N5O8. The van der Waals surface area contributed by atoms with E-state index in [1.165, 1.54) is 4.90 Å². The number of amides is 4. The summed E-state index contributed by atoms with van der Waals surface area (Å²) in [7, 11) is 0. The molecule has 5 aromatic carbocycles. The number of nitrogens with zero attached hydrogens (tertiary/aromatic N) is 3. The van der Waals surface area contributed by atoms with E-state index in [0.29, 0.717) is 32.5 Å². The molecule has 4 aliphatic rings. The lowest BCUT2D eigenvalue weighted by Gasteiger charge is -2.45. The van der Waals surface area contributed by atoms with Crippen LogP contribution in [-0.4, -0.2) is 82.7 Å². The van der Waals surface area contributed by atoms with E-state index in [0.717, 1.165) is 57.7 Å². The van der Waals surface area contributed by atoms with Crippen molar-refractivity contribution in [1.29, 1.82) is 0 Å². The first kappa shape index (κ1) is 41.9. The summed E-state index contributed by atoms with van der Waals surface area (Å²) in [6.45, 7) is 2.73. The van der Waals surface area contributed by atoms with Gasteiger partial charge in [0.25, 0.3) is 5.91 Å². The molecule has 3 N–H and O–H groups in total. The van der Waals surface area contributed by atoms with Crippen molar-refractivity contribution in [2.75, 3.05) is 31.2 Å². The van der Waals surface area contributed by atoms with Gasteiger partial charge >= 0.3 is 6.09 Å². The Labute approximate surface area is 366 Å². The number of alkyl carbamates (subject to hydrolysis) is 1. The van der Waals surface area contributed by atoms with Gasteiger partial charge in [0.1, 0.15) is 18.2 Å². The van der Waals surface area contributed by atoms with Crippen molar-refractivity contribution in [3.05, 3.63) is 161 Å². The molecule has 13 nitrogen and oxygen atoms in total. The SMILES string of the molecule is O=C(NC1CC(=O)N(Cc2cccc(-c3cccc(C4OC(CN5CCC6(CC5)C(=O)NCN6c5ccccc5)CC(c5ccc(CO)cc5)O4)c3)c2)C1=O)OCc1ccccc1. The third-order valence-electron chi connectivity index (χ3n) is 12.7. The minimum absolute atomic E-state index is 0.0429. The van der Waals surface area contributed by atoms with E-state index >= 15 is 0 Å². The number of anilines is 1. The summed E-state index contributed by atoms with van der Waals surface area (Å²) in [6.07, 6.45) is 0.0270. The average Bonchev–Trinajstić information content (AvgIpc) is 3.78. The van der Waals surface area contributed by atoms with E-state index in [4.69, 9.17) is 14.2 Å². The summed E-state index contributed by atoms with van der Waals surface area (Å²) in [6, 6.07) is 41.9. The maximum Gasteiger partial charge on any atom is 0.408 e. The minimum atomic E-state index is -0.998. The van der Waals surface area contributed by atoms with Gasteiger partial charge in [0.05, 0.1) is 38.4 Å². The van der Waals surface area contributed by atoms with Crippen molar-refractivity contribution >= 4 is 29.5 Å². The first-order chi connectivity index (χ1) is 30.7. The van der Waals surface area contributed by atoms with Gasteiger partial charge in [-0.3, -0.25) is 19.3 Å². The molecule has 4 atom stereocenters. The third-order valence-corrected chi connectivity index (χ3v) is 12.7. The molecule has 9 rings (SSSR count). The largest absolute Gasteiger partial charge is 0.445 e. The first-order valence-corrected chi connectivity index (χ1v) is 21.6. The van der Waals surface area contributed by atoms with E-state index in [9.17, 15) is 24.3 Å². The van der Waals surface area contributed by atoms with Crippen LogP contribution in [0.4, 0.5) is 10.5 Å². The van der Waals surface area contributed by atoms with Crippen LogP contribution in [0.3, 0.4) is 0 Å². The Morgan fingerprint density at radius 2 is 1.48 bits per heavy atom. The standard InChI is InChI=1S/C50H51N5O8/c56-31-34-17-19-37(20-18-34)44-27-42(30-53-23-21-50(22-24-53)48(59)51-33-55(50)41-15-5-2-6-16-41)62-47(63-44)40-14-8-13-39(26-40)38-12-7-11-36(25-38)29-54-45(57)28-43(46(54)58)52-49(60)61-32-35-9-3-1-4-10-35/h1-20,25-26,42-44,47,56H,21-24,27-33H2,(H,51,59)(H,52,60). The molecule has 324 valence electrons. The summed E-state index contributed by atoms with van der Waals surface area (Å²) >= 11 is 0. The van der Waals surface area contributed by atoms with E-state index in [2.05, 4.69) is 32.6 Å². The normalized spacial score (nSPS) is 22.3. The summed E-state index contributed by atoms with van der Waals surface area (Å²) in [5, 5.41) is 15.4. The fourth-order valence-electron chi connectivity index (χ4n) is 9.22. The zero-order chi connectivity index (χ0) is 43.3. The fraction of sp³-hybridized carbons (Fsp3) is 0.320. The topological polar surface area (TPSA) is 150 Å². The van der Waals surface area contributed by atoms with E-state index in [-0.39, 0.29) is 50.2 Å². The number of rotatable bonds is 12. The van der Waals surface area contributed by atoms with Gasteiger partial charge < -0.3 is 39.8 Å². The highest BCUT2D eigenvalue weighted by Crippen LogP contribution is 2.41. The Hall–Kier alpha value is -6.38. The van der Waals surface area contributed by atoms with Crippen LogP contribution in [0.5, 0.6) is 0 Å². The third kappa shape index (κ3) is 9.23. The Kier molecular flexibility index (Phi) is 12.3. The van der Waals surface area contributed by atoms with Crippen molar-refractivity contribution in [1.82, 2.24) is 20.4 Å². The molecule has 5 aromatic rings. The molecule has 0 aromatic heterocycles. The van der Waals surface area contributed by atoms with Crippen molar-refractivity contribution in [3.63, 3.8) is 0 Å². The smallest absolute Gasteiger partial charge is 0.408 e. The molecule has 1 spiro atoms. The lowest BCUT2D eigenvalue weighted by molar-refractivity contribution is -0.253. The molecule has 0 bridgehead atoms. The van der Waals surface area contributed by atoms with Crippen LogP contribution in [0.1, 0.15) is 65.9 Å². The molecule has 63 heavy (non-hydrogen) atoms. The molecule has 0 saturated carbocycles. The number of ether oxygens (including phenoxy) is 3. The predicted molar refractivity (Wildman–Crippen MR) is 234 cm³/mol. The Morgan fingerprint density at radius 3 is 2.22 bits per heavy atom. The van der Waals surface area contributed by atoms with Crippen molar-refractivity contribution in [2.24, 2.45) is 0 Å². The molecule has 13 heteroatoms. The number of benzene rings is 5. The van der Waals surface area contributed by atoms with Crippen LogP contribution in [0.2, 0.25) is 0 Å². The zero-order valence-corrected chi connectivity index (χ0v) is 34.9. The number of carbonyl (C=O) groups excluding carboxylic acids is 4. The van der Waals surface area contributed by atoms with Crippen LogP contribution in [-0.2, 0) is 48.4 Å². The molecule has 4 fully saturated rings. The van der Waals surface area contributed by atoms with Gasteiger partial charge in [0.15, 0.2) is 6.29 Å². The summed E-state index contributed by atoms with van der Waals surface area (Å²) in [5.74, 6) is -0.763. The second kappa shape index (κ2) is 18.5. The molecular weight excluding hydrogens is 799 g/mol. The highest BCUT2D eigenvalue weighted by atomic mass is 16.7. The van der Waals surface area contributed by atoms with Gasteiger partial charge in [-0.05, 0) is 70.5 Å². The Morgan fingerprint density at radius 1 is 0.778 bits per heavy atom. The Bertz CT molecular complexity index is 2420. The van der Waals surface area contributed by atoms with Crippen LogP contribution in [0.15, 0.2) is 133 Å². The number of piperidine rings is 1. The predicted octanol–water partition coefficient (Wildman–Crippen LogP) is 6.37. The number of nitrogens with one attached hydrogen (secondary N) is 2. The highest BCUT2D eigenvalue weighted by Gasteiger charge is 2.50. The van der Waals surface area contributed by atoms with Gasteiger partial charge in [-0.15, -0.1) is 0 Å². The molecule has 0 radical (unpaired) electrons. The minimum Gasteiger partial charge on any atom is -0.445 e. The quantitative estimate of drug-likeness (QED) is 0.121. The van der Waals surface area contributed by atoms with Crippen molar-refractivity contribution < 1.29 is 38.5 Å². The number of hydrogen-bond donors (Lipinski definition) is 3. The van der Waals surface area contributed by atoms with E-state index in [1.54, 1.807) is 0 Å². The molecule has 4 unspecified atom stereocenters. The van der Waals surface area contributed by atoms with Gasteiger partial charge in [-0.25, -0.2) is 4.79 Å². The van der Waals surface area contributed by atoms with Crippen LogP contribution < -0.4 is 15.5 Å². The maximum absolute atomic E-state index is 13.4. The number of aliphatic hydroxyl groups excluding tert-OH is 1. The molecule has 4 saturated heterocycles. The van der Waals surface area contributed by atoms with Crippen LogP contribution in [0.25, 0.3) is 11.1 Å². The fourth-order valence-corrected chi connectivity index (χ4v) is 9.22. The number of hydrogen-bond acceptors (Lipinski definition) is 10. The van der Waals surface area contributed by atoms with Gasteiger partial charge in [-0.2, -0.15) is 0 Å². The summed E-state index contributed by atoms with van der Waals surface area (Å²) in [4.78, 5) is 58.0. The molecule has 4 aliphatic heterocycles. The van der Waals surface area contributed by atoms with Crippen LogP contribution >= 0.6 is 0 Å². The van der Waals surface area contributed by atoms with Crippen LogP contribution in [0, 0.1) is 0 Å². The lowest BCUT2D eigenvalue weighted by atomic mass is 9.85. The number of likely N-dealkylation sites (tertiary alicyclic amines) is 2. The molecule has 4 amide bonds. The number of carbonyl (C=O) groups is 4. The maximum atomic E-state index is 13.4. The van der Waals surface area contributed by atoms with Gasteiger partial charge in [-0.1, -0.05) is 109 Å². The van der Waals surface area contributed by atoms with E-state index < -0.39 is 29.9 Å². The Balaban J connectivity index is 0.875. The second-order valence-corrected chi connectivity index (χ2v) is 16.7. The molecule has 4 heterocycles. The molecule has 0 aliphatic carbocycles. The average molecular weight is 850 g/mol. The highest BCUT2D eigenvalue weighted by molar-refractivity contribution is 6.06. The second-order valence-electron chi connectivity index (χ2n) is 16.7. The van der Waals surface area contributed by atoms with E-state index in [1.807, 2.05) is 121 Å². The number of para-hydroxylation sites is 1. The summed E-state index contributed by atoms with van der Waals surface area (Å²) in [5.41, 5.74) is 6.50. The lowest BCUT2D eigenvalue weighted by Crippen LogP contribution is -2.57. The monoisotopic (exact) mass is 849 g/mol. The van der Waals surface area contributed by atoms with Crippen molar-refractivity contribution in [2.45, 2.75) is 75.5 Å². The zero-order valence-electron chi connectivity index (χ0n) is 34.9. The number of aliphatic hydroxyl groups is 1. The summed E-state index contributed by atoms with van der Waals surface area (Å²) < 4.78 is 18.8. The van der Waals surface area contributed by atoms with Gasteiger partial charge in [0, 0.05) is 37.3 Å². The first-order valence-electron chi connectivity index (χ1n) is 21.6. The number of imide groups is 1. The van der Waals surface area contributed by atoms with Gasteiger partial charge in [0.2, 0.25) is 11.8 Å². The van der Waals surface area contributed by atoms with Crippen molar-refractivity contribution in [3.8, 4) is 11.1 Å².